The van der Waals surface area contributed by atoms with Crippen LogP contribution >= 0.6 is 11.8 Å². The fourth-order valence-electron chi connectivity index (χ4n) is 2.63. The molecule has 1 aromatic rings. The monoisotopic (exact) mass is 293 g/mol. The summed E-state index contributed by atoms with van der Waals surface area (Å²) in [4.78, 5) is 25.4. The largest absolute Gasteiger partial charge is 0.481 e. The van der Waals surface area contributed by atoms with E-state index in [9.17, 15) is 14.7 Å². The molecule has 0 aliphatic carbocycles. The number of carboxylic acid groups (broad SMARTS) is 1. The summed E-state index contributed by atoms with van der Waals surface area (Å²) in [5, 5.41) is 9.27. The highest BCUT2D eigenvalue weighted by Gasteiger charge is 2.41. The van der Waals surface area contributed by atoms with E-state index in [2.05, 4.69) is 0 Å². The quantitative estimate of drug-likeness (QED) is 0.923. The predicted molar refractivity (Wildman–Crippen MR) is 79.9 cm³/mol. The Kier molecular flexibility index (Phi) is 4.70. The van der Waals surface area contributed by atoms with Gasteiger partial charge in [0, 0.05) is 19.0 Å². The van der Waals surface area contributed by atoms with Gasteiger partial charge in [0.1, 0.15) is 0 Å². The second kappa shape index (κ2) is 6.31. The van der Waals surface area contributed by atoms with E-state index >= 15 is 0 Å². The van der Waals surface area contributed by atoms with Crippen LogP contribution in [0, 0.1) is 5.92 Å². The second-order valence-electron chi connectivity index (χ2n) is 5.08. The van der Waals surface area contributed by atoms with Crippen LogP contribution in [0.5, 0.6) is 0 Å². The smallest absolute Gasteiger partial charge is 0.308 e. The topological polar surface area (TPSA) is 57.6 Å². The third kappa shape index (κ3) is 2.98. The molecule has 1 heterocycles. The maximum absolute atomic E-state index is 12.2. The van der Waals surface area contributed by atoms with Gasteiger partial charge >= 0.3 is 5.97 Å². The van der Waals surface area contributed by atoms with Gasteiger partial charge in [-0.15, -0.1) is 0 Å². The average Bonchev–Trinajstić information content (AvgIpc) is 2.92. The van der Waals surface area contributed by atoms with E-state index in [1.165, 1.54) is 11.8 Å². The zero-order valence-electron chi connectivity index (χ0n) is 11.7. The number of hydrogen-bond donors (Lipinski definition) is 1. The number of carbonyl (C=O) groups is 2. The van der Waals surface area contributed by atoms with E-state index < -0.39 is 11.9 Å². The Morgan fingerprint density at radius 2 is 1.95 bits per heavy atom. The zero-order valence-corrected chi connectivity index (χ0v) is 12.5. The van der Waals surface area contributed by atoms with Crippen LogP contribution in [0.4, 0.5) is 0 Å². The lowest BCUT2D eigenvalue weighted by molar-refractivity contribution is -0.141. The third-order valence-corrected chi connectivity index (χ3v) is 4.79. The first kappa shape index (κ1) is 14.9. The molecule has 108 valence electrons. The lowest BCUT2D eigenvalue weighted by Gasteiger charge is -2.19. The third-order valence-electron chi connectivity index (χ3n) is 3.88. The predicted octanol–water partition coefficient (Wildman–Crippen LogP) is 2.06. The molecule has 0 saturated carbocycles. The van der Waals surface area contributed by atoms with Gasteiger partial charge in [-0.25, -0.2) is 0 Å². The summed E-state index contributed by atoms with van der Waals surface area (Å²) in [6.07, 6.45) is 1.89. The number of aliphatic carboxylic acids is 1. The van der Waals surface area contributed by atoms with Crippen LogP contribution in [-0.2, 0) is 9.59 Å². The molecule has 1 aliphatic rings. The molecule has 1 aromatic carbocycles. The number of carboxylic acids is 1. The summed E-state index contributed by atoms with van der Waals surface area (Å²) in [6.45, 7) is 2.65. The number of benzene rings is 1. The molecule has 1 aliphatic heterocycles. The molecular weight excluding hydrogens is 274 g/mol. The van der Waals surface area contributed by atoms with Crippen LogP contribution in [0.3, 0.4) is 0 Å². The van der Waals surface area contributed by atoms with Gasteiger partial charge in [0.15, 0.2) is 0 Å². The maximum Gasteiger partial charge on any atom is 0.308 e. The van der Waals surface area contributed by atoms with E-state index in [4.69, 9.17) is 0 Å². The number of rotatable bonds is 4. The molecular formula is C15H19NO3S. The SMILES string of the molecule is CSC(C)C(=O)N1C[C@H](C(=O)O)[C@H](c2ccccc2)C1. The summed E-state index contributed by atoms with van der Waals surface area (Å²) in [6, 6.07) is 9.60. The molecule has 1 saturated heterocycles. The molecule has 2 rings (SSSR count). The van der Waals surface area contributed by atoms with E-state index in [1.807, 2.05) is 43.5 Å². The summed E-state index contributed by atoms with van der Waals surface area (Å²) in [7, 11) is 0. The van der Waals surface area contributed by atoms with Crippen LogP contribution < -0.4 is 0 Å². The molecule has 4 nitrogen and oxygen atoms in total. The van der Waals surface area contributed by atoms with Crippen molar-refractivity contribution in [2.45, 2.75) is 18.1 Å². The van der Waals surface area contributed by atoms with Crippen molar-refractivity contribution in [1.29, 1.82) is 0 Å². The highest BCUT2D eigenvalue weighted by Crippen LogP contribution is 2.33. The molecule has 1 N–H and O–H groups in total. The van der Waals surface area contributed by atoms with E-state index in [0.717, 1.165) is 5.56 Å². The Labute approximate surface area is 123 Å². The number of likely N-dealkylation sites (tertiary alicyclic amines) is 1. The number of nitrogens with zero attached hydrogens (tertiary/aromatic N) is 1. The Morgan fingerprint density at radius 3 is 2.50 bits per heavy atom. The van der Waals surface area contributed by atoms with Crippen LogP contribution in [0.25, 0.3) is 0 Å². The fraction of sp³-hybridized carbons (Fsp3) is 0.467. The molecule has 0 radical (unpaired) electrons. The summed E-state index contributed by atoms with van der Waals surface area (Å²) >= 11 is 1.49. The first-order chi connectivity index (χ1) is 9.54. The molecule has 5 heteroatoms. The van der Waals surface area contributed by atoms with E-state index in [1.54, 1.807) is 4.90 Å². The molecule has 20 heavy (non-hydrogen) atoms. The fourth-order valence-corrected chi connectivity index (χ4v) is 2.98. The van der Waals surface area contributed by atoms with Crippen molar-refractivity contribution in [3.05, 3.63) is 35.9 Å². The van der Waals surface area contributed by atoms with E-state index in [-0.39, 0.29) is 17.1 Å². The van der Waals surface area contributed by atoms with Crippen LogP contribution in [0.2, 0.25) is 0 Å². The minimum absolute atomic E-state index is 0.0298. The minimum Gasteiger partial charge on any atom is -0.481 e. The standard InChI is InChI=1S/C15H19NO3S/c1-10(20-2)14(17)16-8-12(13(9-16)15(18)19)11-6-4-3-5-7-11/h3-7,10,12-13H,8-9H2,1-2H3,(H,18,19)/t10?,12-,13-/m0/s1. The first-order valence-corrected chi connectivity index (χ1v) is 7.92. The minimum atomic E-state index is -0.828. The van der Waals surface area contributed by atoms with Crippen molar-refractivity contribution < 1.29 is 14.7 Å². The molecule has 3 atom stereocenters. The number of hydrogen-bond acceptors (Lipinski definition) is 3. The van der Waals surface area contributed by atoms with Crippen LogP contribution in [-0.4, -0.2) is 46.5 Å². The van der Waals surface area contributed by atoms with Gasteiger partial charge in [0.2, 0.25) is 5.91 Å². The molecule has 0 aromatic heterocycles. The summed E-state index contributed by atoms with van der Waals surface area (Å²) < 4.78 is 0. The van der Waals surface area contributed by atoms with Crippen LogP contribution in [0.15, 0.2) is 30.3 Å². The Bertz CT molecular complexity index is 491. The highest BCUT2D eigenvalue weighted by molar-refractivity contribution is 7.99. The Morgan fingerprint density at radius 1 is 1.30 bits per heavy atom. The summed E-state index contributed by atoms with van der Waals surface area (Å²) in [5.41, 5.74) is 0.993. The van der Waals surface area contributed by atoms with Crippen molar-refractivity contribution in [1.82, 2.24) is 4.90 Å². The highest BCUT2D eigenvalue weighted by atomic mass is 32.2. The first-order valence-electron chi connectivity index (χ1n) is 6.64. The second-order valence-corrected chi connectivity index (χ2v) is 6.26. The summed E-state index contributed by atoms with van der Waals surface area (Å²) in [5.74, 6) is -1.43. The number of amides is 1. The van der Waals surface area contributed by atoms with Crippen molar-refractivity contribution in [2.24, 2.45) is 5.92 Å². The van der Waals surface area contributed by atoms with Gasteiger partial charge < -0.3 is 10.0 Å². The molecule has 1 fully saturated rings. The van der Waals surface area contributed by atoms with Gasteiger partial charge in [0.25, 0.3) is 0 Å². The van der Waals surface area contributed by atoms with Crippen LogP contribution in [0.1, 0.15) is 18.4 Å². The van der Waals surface area contributed by atoms with Crippen molar-refractivity contribution >= 4 is 23.6 Å². The lowest BCUT2D eigenvalue weighted by atomic mass is 9.89. The molecule has 1 unspecified atom stereocenters. The van der Waals surface area contributed by atoms with E-state index in [0.29, 0.717) is 13.1 Å². The normalized spacial score (nSPS) is 23.6. The molecule has 0 spiro atoms. The zero-order chi connectivity index (χ0) is 14.7. The molecule has 0 bridgehead atoms. The average molecular weight is 293 g/mol. The Hall–Kier alpha value is -1.49. The van der Waals surface area contributed by atoms with Crippen molar-refractivity contribution in [2.75, 3.05) is 19.3 Å². The number of carbonyl (C=O) groups excluding carboxylic acids is 1. The van der Waals surface area contributed by atoms with Crippen molar-refractivity contribution in [3.8, 4) is 0 Å². The Balaban J connectivity index is 2.20. The van der Waals surface area contributed by atoms with Crippen molar-refractivity contribution in [3.63, 3.8) is 0 Å². The lowest BCUT2D eigenvalue weighted by Crippen LogP contribution is -2.35. The van der Waals surface area contributed by atoms with Gasteiger partial charge in [-0.2, -0.15) is 11.8 Å². The number of thioether (sulfide) groups is 1. The van der Waals surface area contributed by atoms with Gasteiger partial charge in [-0.3, -0.25) is 9.59 Å². The maximum atomic E-state index is 12.2. The van der Waals surface area contributed by atoms with Gasteiger partial charge in [0.05, 0.1) is 11.2 Å². The molecule has 1 amide bonds. The van der Waals surface area contributed by atoms with Gasteiger partial charge in [-0.05, 0) is 18.7 Å². The van der Waals surface area contributed by atoms with Gasteiger partial charge in [-0.1, -0.05) is 30.3 Å².